The van der Waals surface area contributed by atoms with E-state index in [0.717, 1.165) is 10.0 Å². The molecular weight excluding hydrogens is 384 g/mol. The van der Waals surface area contributed by atoms with Crippen LogP contribution in [0.4, 0.5) is 5.69 Å². The Bertz CT molecular complexity index is 707. The molecule has 0 spiro atoms. The van der Waals surface area contributed by atoms with Gasteiger partial charge in [0.1, 0.15) is 0 Å². The molecule has 2 N–H and O–H groups in total. The van der Waals surface area contributed by atoms with Crippen LogP contribution in [0.2, 0.25) is 0 Å². The highest BCUT2D eigenvalue weighted by Crippen LogP contribution is 2.16. The van der Waals surface area contributed by atoms with Gasteiger partial charge in [-0.25, -0.2) is 0 Å². The lowest BCUT2D eigenvalue weighted by Crippen LogP contribution is -2.44. The van der Waals surface area contributed by atoms with E-state index in [-0.39, 0.29) is 18.4 Å². The molecule has 0 aliphatic heterocycles. The molecule has 1 atom stereocenters. The topological polar surface area (TPSA) is 67.4 Å². The first kappa shape index (κ1) is 19.1. The van der Waals surface area contributed by atoms with Crippen molar-refractivity contribution in [1.82, 2.24) is 5.32 Å². The van der Waals surface area contributed by atoms with Crippen LogP contribution in [0.5, 0.6) is 0 Å². The molecule has 25 heavy (non-hydrogen) atoms. The van der Waals surface area contributed by atoms with Gasteiger partial charge in [-0.05, 0) is 37.1 Å². The van der Waals surface area contributed by atoms with E-state index in [0.29, 0.717) is 18.7 Å². The Labute approximate surface area is 155 Å². The van der Waals surface area contributed by atoms with E-state index >= 15 is 0 Å². The standard InChI is InChI=1S/C19H21BrN2O3/c1-2-25-18(23)13-21-17(11-14-7-4-3-5-8-14)19(24)22-16-10-6-9-15(20)12-16/h3-10,12,17,21H,2,11,13H2,1H3,(H,22,24). The maximum atomic E-state index is 12.7. The van der Waals surface area contributed by atoms with E-state index in [9.17, 15) is 9.59 Å². The van der Waals surface area contributed by atoms with E-state index < -0.39 is 6.04 Å². The zero-order valence-electron chi connectivity index (χ0n) is 14.0. The van der Waals surface area contributed by atoms with Crippen LogP contribution in [0.25, 0.3) is 0 Å². The smallest absolute Gasteiger partial charge is 0.319 e. The minimum absolute atomic E-state index is 0.0166. The van der Waals surface area contributed by atoms with Gasteiger partial charge in [0.15, 0.2) is 0 Å². The number of rotatable bonds is 8. The molecule has 132 valence electrons. The maximum absolute atomic E-state index is 12.7. The third-order valence-corrected chi connectivity index (χ3v) is 3.98. The number of hydrogen-bond donors (Lipinski definition) is 2. The zero-order chi connectivity index (χ0) is 18.1. The highest BCUT2D eigenvalue weighted by molar-refractivity contribution is 9.10. The van der Waals surface area contributed by atoms with Gasteiger partial charge < -0.3 is 10.1 Å². The van der Waals surface area contributed by atoms with Crippen LogP contribution in [0, 0.1) is 0 Å². The summed E-state index contributed by atoms with van der Waals surface area (Å²) in [5, 5.41) is 5.86. The van der Waals surface area contributed by atoms with Crippen LogP contribution in [-0.2, 0) is 20.7 Å². The third-order valence-electron chi connectivity index (χ3n) is 3.49. The van der Waals surface area contributed by atoms with E-state index in [4.69, 9.17) is 4.74 Å². The molecule has 0 radical (unpaired) electrons. The minimum Gasteiger partial charge on any atom is -0.465 e. The van der Waals surface area contributed by atoms with Crippen molar-refractivity contribution in [1.29, 1.82) is 0 Å². The summed E-state index contributed by atoms with van der Waals surface area (Å²) in [5.41, 5.74) is 1.70. The van der Waals surface area contributed by atoms with Crippen molar-refractivity contribution in [3.05, 3.63) is 64.6 Å². The number of carbonyl (C=O) groups excluding carboxylic acids is 2. The monoisotopic (exact) mass is 404 g/mol. The average molecular weight is 405 g/mol. The first-order valence-electron chi connectivity index (χ1n) is 8.08. The lowest BCUT2D eigenvalue weighted by atomic mass is 10.1. The second-order valence-corrected chi connectivity index (χ2v) is 6.34. The quantitative estimate of drug-likeness (QED) is 0.663. The lowest BCUT2D eigenvalue weighted by Gasteiger charge is -2.18. The number of anilines is 1. The number of carbonyl (C=O) groups is 2. The Morgan fingerprint density at radius 2 is 1.88 bits per heavy atom. The Balaban J connectivity index is 2.06. The third kappa shape index (κ3) is 6.68. The van der Waals surface area contributed by atoms with E-state index in [1.807, 2.05) is 54.6 Å². The van der Waals surface area contributed by atoms with Crippen molar-refractivity contribution in [2.75, 3.05) is 18.5 Å². The molecule has 5 nitrogen and oxygen atoms in total. The van der Waals surface area contributed by atoms with Crippen LogP contribution in [0.3, 0.4) is 0 Å². The largest absolute Gasteiger partial charge is 0.465 e. The number of benzene rings is 2. The fraction of sp³-hybridized carbons (Fsp3) is 0.263. The number of ether oxygens (including phenoxy) is 1. The molecule has 0 saturated carbocycles. The number of halogens is 1. The molecule has 2 aromatic rings. The van der Waals surface area contributed by atoms with Gasteiger partial charge in [0.05, 0.1) is 19.2 Å². The molecule has 0 aromatic heterocycles. The van der Waals surface area contributed by atoms with Crippen molar-refractivity contribution in [2.24, 2.45) is 0 Å². The SMILES string of the molecule is CCOC(=O)CNC(Cc1ccccc1)C(=O)Nc1cccc(Br)c1. The van der Waals surface area contributed by atoms with E-state index in [2.05, 4.69) is 26.6 Å². The van der Waals surface area contributed by atoms with Gasteiger partial charge in [-0.2, -0.15) is 0 Å². The molecular formula is C19H21BrN2O3. The first-order chi connectivity index (χ1) is 12.1. The van der Waals surface area contributed by atoms with Gasteiger partial charge in [-0.1, -0.05) is 52.3 Å². The van der Waals surface area contributed by atoms with Crippen LogP contribution in [0.15, 0.2) is 59.1 Å². The number of esters is 1. The highest BCUT2D eigenvalue weighted by atomic mass is 79.9. The van der Waals surface area contributed by atoms with Crippen molar-refractivity contribution in [3.63, 3.8) is 0 Å². The molecule has 0 aliphatic rings. The van der Waals surface area contributed by atoms with Gasteiger partial charge in [0.25, 0.3) is 0 Å². The Morgan fingerprint density at radius 3 is 2.56 bits per heavy atom. The second-order valence-electron chi connectivity index (χ2n) is 5.43. The molecule has 0 fully saturated rings. The molecule has 0 bridgehead atoms. The summed E-state index contributed by atoms with van der Waals surface area (Å²) in [6.07, 6.45) is 0.472. The number of hydrogen-bond acceptors (Lipinski definition) is 4. The Hall–Kier alpha value is -2.18. The second kappa shape index (κ2) is 9.96. The summed E-state index contributed by atoms with van der Waals surface area (Å²) in [6, 6.07) is 16.5. The summed E-state index contributed by atoms with van der Waals surface area (Å²) >= 11 is 3.38. The van der Waals surface area contributed by atoms with Gasteiger partial charge >= 0.3 is 5.97 Å². The van der Waals surface area contributed by atoms with Crippen LogP contribution in [-0.4, -0.2) is 31.1 Å². The van der Waals surface area contributed by atoms with Crippen molar-refractivity contribution >= 4 is 33.5 Å². The van der Waals surface area contributed by atoms with Gasteiger partial charge in [0, 0.05) is 10.2 Å². The number of nitrogens with one attached hydrogen (secondary N) is 2. The fourth-order valence-electron chi connectivity index (χ4n) is 2.32. The van der Waals surface area contributed by atoms with Crippen molar-refractivity contribution < 1.29 is 14.3 Å². The summed E-state index contributed by atoms with van der Waals surface area (Å²) in [5.74, 6) is -0.581. The van der Waals surface area contributed by atoms with E-state index in [1.54, 1.807) is 6.92 Å². The Kier molecular flexibility index (Phi) is 7.63. The first-order valence-corrected chi connectivity index (χ1v) is 8.87. The Morgan fingerprint density at radius 1 is 1.12 bits per heavy atom. The van der Waals surface area contributed by atoms with Crippen LogP contribution < -0.4 is 10.6 Å². The maximum Gasteiger partial charge on any atom is 0.319 e. The highest BCUT2D eigenvalue weighted by Gasteiger charge is 2.20. The molecule has 0 saturated heterocycles. The molecule has 2 aromatic carbocycles. The predicted octanol–water partition coefficient (Wildman–Crippen LogP) is 3.15. The van der Waals surface area contributed by atoms with Crippen molar-refractivity contribution in [2.45, 2.75) is 19.4 Å². The predicted molar refractivity (Wildman–Crippen MR) is 101 cm³/mol. The molecule has 0 heterocycles. The molecule has 1 unspecified atom stereocenters. The van der Waals surface area contributed by atoms with Crippen LogP contribution in [0.1, 0.15) is 12.5 Å². The van der Waals surface area contributed by atoms with E-state index in [1.165, 1.54) is 0 Å². The number of amides is 1. The molecule has 1 amide bonds. The summed E-state index contributed by atoms with van der Waals surface area (Å²) in [6.45, 7) is 2.05. The lowest BCUT2D eigenvalue weighted by molar-refractivity contribution is -0.142. The van der Waals surface area contributed by atoms with Gasteiger partial charge in [-0.3, -0.25) is 14.9 Å². The molecule has 6 heteroatoms. The van der Waals surface area contributed by atoms with Gasteiger partial charge in [0.2, 0.25) is 5.91 Å². The molecule has 2 rings (SSSR count). The summed E-state index contributed by atoms with van der Waals surface area (Å²) in [4.78, 5) is 24.3. The summed E-state index contributed by atoms with van der Waals surface area (Å²) < 4.78 is 5.80. The van der Waals surface area contributed by atoms with Crippen molar-refractivity contribution in [3.8, 4) is 0 Å². The summed E-state index contributed by atoms with van der Waals surface area (Å²) in [7, 11) is 0. The zero-order valence-corrected chi connectivity index (χ0v) is 15.6. The fourth-order valence-corrected chi connectivity index (χ4v) is 2.72. The average Bonchev–Trinajstić information content (AvgIpc) is 2.59. The minimum atomic E-state index is -0.550. The molecule has 0 aliphatic carbocycles. The normalized spacial score (nSPS) is 11.6. The van der Waals surface area contributed by atoms with Gasteiger partial charge in [-0.15, -0.1) is 0 Å². The van der Waals surface area contributed by atoms with Crippen LogP contribution >= 0.6 is 15.9 Å².